The predicted molar refractivity (Wildman–Crippen MR) is 185 cm³/mol. The Morgan fingerprint density at radius 2 is 0.930 bits per heavy atom. The topological polar surface area (TPSA) is 3.24 Å². The van der Waals surface area contributed by atoms with Gasteiger partial charge in [0.15, 0.2) is 0 Å². The molecule has 2 aliphatic rings. The zero-order valence-electron chi connectivity index (χ0n) is 27.3. The van der Waals surface area contributed by atoms with Crippen molar-refractivity contribution in [1.82, 2.24) is 0 Å². The van der Waals surface area contributed by atoms with Crippen LogP contribution in [0.4, 0.5) is 17.1 Å². The maximum absolute atomic E-state index is 2.56. The molecule has 0 N–H and O–H groups in total. The molecule has 0 heterocycles. The van der Waals surface area contributed by atoms with Crippen molar-refractivity contribution in [2.24, 2.45) is 10.8 Å². The number of fused-ring (bicyclic) bond motifs is 1. The summed E-state index contributed by atoms with van der Waals surface area (Å²) in [5.74, 6) is 0. The van der Waals surface area contributed by atoms with Crippen LogP contribution >= 0.6 is 0 Å². The van der Waals surface area contributed by atoms with Crippen molar-refractivity contribution in [3.8, 4) is 11.1 Å². The van der Waals surface area contributed by atoms with Gasteiger partial charge in [-0.25, -0.2) is 0 Å². The molecule has 0 aromatic heterocycles. The molecule has 0 atom stereocenters. The van der Waals surface area contributed by atoms with Crippen LogP contribution in [0.5, 0.6) is 0 Å². The monoisotopic (exact) mass is 563 g/mol. The van der Waals surface area contributed by atoms with Gasteiger partial charge in [-0.1, -0.05) is 135 Å². The third-order valence-electron chi connectivity index (χ3n) is 13.1. The third-order valence-corrected chi connectivity index (χ3v) is 13.1. The second-order valence-corrected chi connectivity index (χ2v) is 15.3. The van der Waals surface area contributed by atoms with Gasteiger partial charge in [0.2, 0.25) is 0 Å². The van der Waals surface area contributed by atoms with Crippen LogP contribution < -0.4 is 4.90 Å². The Hall–Kier alpha value is -3.84. The molecule has 2 aliphatic carbocycles. The molecule has 0 fully saturated rings. The van der Waals surface area contributed by atoms with E-state index in [2.05, 4.69) is 176 Å². The van der Waals surface area contributed by atoms with Crippen LogP contribution in [-0.2, 0) is 16.2 Å². The predicted octanol–water partition coefficient (Wildman–Crippen LogP) is 11.9. The van der Waals surface area contributed by atoms with E-state index in [1.807, 2.05) is 0 Å². The maximum Gasteiger partial charge on any atom is 0.0474 e. The Morgan fingerprint density at radius 1 is 0.465 bits per heavy atom. The summed E-state index contributed by atoms with van der Waals surface area (Å²) in [6, 6.07) is 40.3. The fraction of sp³-hybridized carbons (Fsp3) is 0.333. The fourth-order valence-electron chi connectivity index (χ4n) is 8.92. The van der Waals surface area contributed by atoms with Gasteiger partial charge in [0.1, 0.15) is 0 Å². The van der Waals surface area contributed by atoms with Crippen molar-refractivity contribution in [1.29, 1.82) is 0 Å². The van der Waals surface area contributed by atoms with Crippen molar-refractivity contribution in [2.75, 3.05) is 4.90 Å². The molecule has 5 aromatic carbocycles. The molecular weight excluding hydrogens is 518 g/mol. The van der Waals surface area contributed by atoms with Crippen LogP contribution in [0, 0.1) is 10.8 Å². The molecule has 0 saturated carbocycles. The summed E-state index contributed by atoms with van der Waals surface area (Å²) < 4.78 is 0. The highest BCUT2D eigenvalue weighted by Crippen LogP contribution is 2.76. The summed E-state index contributed by atoms with van der Waals surface area (Å²) in [5.41, 5.74) is 11.1. The van der Waals surface area contributed by atoms with Gasteiger partial charge in [-0.05, 0) is 96.6 Å². The van der Waals surface area contributed by atoms with Gasteiger partial charge in [0, 0.05) is 22.5 Å². The first kappa shape index (κ1) is 28.0. The zero-order chi connectivity index (χ0) is 30.6. The Morgan fingerprint density at radius 3 is 1.44 bits per heavy atom. The minimum absolute atomic E-state index is 0.0309. The van der Waals surface area contributed by atoms with E-state index in [1.54, 1.807) is 5.56 Å². The number of para-hydroxylation sites is 2. The van der Waals surface area contributed by atoms with Crippen LogP contribution in [0.25, 0.3) is 21.9 Å². The number of nitrogens with zero attached hydrogens (tertiary/aromatic N) is 1. The van der Waals surface area contributed by atoms with E-state index in [4.69, 9.17) is 0 Å². The quantitative estimate of drug-likeness (QED) is 0.210. The molecule has 0 radical (unpaired) electrons. The summed E-state index contributed by atoms with van der Waals surface area (Å²) >= 11 is 0. The minimum Gasteiger partial charge on any atom is -0.310 e. The SMILES string of the molecule is CC1(C)c2cc(-c3cc(N(c4ccccc4)c4ccccc4)cc4ccccc34)cc3c2C(C)(C1(C)C)C(C)(C)C3(C)C. The summed E-state index contributed by atoms with van der Waals surface area (Å²) in [5, 5.41) is 2.56. The number of benzene rings is 5. The van der Waals surface area contributed by atoms with Crippen molar-refractivity contribution in [3.63, 3.8) is 0 Å². The molecule has 0 saturated heterocycles. The maximum atomic E-state index is 2.56. The van der Waals surface area contributed by atoms with E-state index < -0.39 is 0 Å². The standard InChI is InChI=1S/C42H45N/c1-38(2)35-25-29(26-36-37(35)42(9,40(38,5)6)41(7,8)39(36,3)4)34-27-32(24-28-18-16-17-23-33(28)34)43(30-19-12-10-13-20-30)31-21-14-11-15-22-31/h10-27H,1-9H3. The lowest BCUT2D eigenvalue weighted by molar-refractivity contribution is -0.0105. The van der Waals surface area contributed by atoms with E-state index in [-0.39, 0.29) is 27.1 Å². The van der Waals surface area contributed by atoms with Gasteiger partial charge < -0.3 is 4.90 Å². The normalized spacial score (nSPS) is 19.7. The number of hydrogen-bond donors (Lipinski definition) is 0. The molecule has 0 unspecified atom stereocenters. The van der Waals surface area contributed by atoms with Gasteiger partial charge >= 0.3 is 0 Å². The van der Waals surface area contributed by atoms with E-state index in [0.717, 1.165) is 11.4 Å². The Balaban J connectivity index is 1.54. The van der Waals surface area contributed by atoms with E-state index in [9.17, 15) is 0 Å². The summed E-state index contributed by atoms with van der Waals surface area (Å²) in [7, 11) is 0. The molecule has 7 rings (SSSR count). The summed E-state index contributed by atoms with van der Waals surface area (Å²) in [6.45, 7) is 22.6. The molecule has 218 valence electrons. The lowest BCUT2D eigenvalue weighted by Gasteiger charge is -2.56. The first-order valence-corrected chi connectivity index (χ1v) is 15.9. The zero-order valence-corrected chi connectivity index (χ0v) is 27.3. The smallest absolute Gasteiger partial charge is 0.0474 e. The first-order chi connectivity index (χ1) is 20.2. The highest BCUT2D eigenvalue weighted by atomic mass is 15.1. The van der Waals surface area contributed by atoms with Gasteiger partial charge in [-0.2, -0.15) is 0 Å². The average molecular weight is 564 g/mol. The van der Waals surface area contributed by atoms with E-state index in [0.29, 0.717) is 0 Å². The molecule has 1 nitrogen and oxygen atoms in total. The van der Waals surface area contributed by atoms with Crippen LogP contribution in [0.2, 0.25) is 0 Å². The Kier molecular flexibility index (Phi) is 5.76. The Labute approximate surface area is 258 Å². The number of hydrogen-bond acceptors (Lipinski definition) is 1. The number of rotatable bonds is 4. The molecule has 1 heteroatoms. The highest BCUT2D eigenvalue weighted by molar-refractivity contribution is 6.01. The summed E-state index contributed by atoms with van der Waals surface area (Å²) in [6.07, 6.45) is 0. The van der Waals surface area contributed by atoms with Crippen LogP contribution in [-0.4, -0.2) is 0 Å². The van der Waals surface area contributed by atoms with E-state index in [1.165, 1.54) is 38.7 Å². The van der Waals surface area contributed by atoms with Crippen LogP contribution in [0.1, 0.15) is 79.0 Å². The van der Waals surface area contributed by atoms with Gasteiger partial charge in [0.25, 0.3) is 0 Å². The second kappa shape index (κ2) is 8.85. The van der Waals surface area contributed by atoms with E-state index >= 15 is 0 Å². The lowest BCUT2D eigenvalue weighted by atomic mass is 9.47. The molecule has 0 spiro atoms. The molecule has 5 aromatic rings. The number of anilines is 3. The van der Waals surface area contributed by atoms with Crippen molar-refractivity contribution >= 4 is 27.8 Å². The molecule has 0 aliphatic heterocycles. The van der Waals surface area contributed by atoms with Crippen molar-refractivity contribution in [2.45, 2.75) is 78.6 Å². The highest BCUT2D eigenvalue weighted by Gasteiger charge is 2.72. The minimum atomic E-state index is 0.0309. The fourth-order valence-corrected chi connectivity index (χ4v) is 8.92. The molecule has 0 amide bonds. The third kappa shape index (κ3) is 3.40. The largest absolute Gasteiger partial charge is 0.310 e. The molecule has 0 bridgehead atoms. The molecule has 43 heavy (non-hydrogen) atoms. The lowest BCUT2D eigenvalue weighted by Crippen LogP contribution is -2.54. The van der Waals surface area contributed by atoms with Gasteiger partial charge in [-0.15, -0.1) is 0 Å². The van der Waals surface area contributed by atoms with Crippen molar-refractivity contribution < 1.29 is 0 Å². The van der Waals surface area contributed by atoms with Crippen LogP contribution in [0.3, 0.4) is 0 Å². The van der Waals surface area contributed by atoms with Crippen molar-refractivity contribution in [3.05, 3.63) is 126 Å². The first-order valence-electron chi connectivity index (χ1n) is 15.9. The summed E-state index contributed by atoms with van der Waals surface area (Å²) in [4.78, 5) is 2.39. The molecular formula is C42H45N. The van der Waals surface area contributed by atoms with Gasteiger partial charge in [-0.3, -0.25) is 0 Å². The Bertz CT molecular complexity index is 1780. The second-order valence-electron chi connectivity index (χ2n) is 15.3. The van der Waals surface area contributed by atoms with Gasteiger partial charge in [0.05, 0.1) is 0 Å². The van der Waals surface area contributed by atoms with Crippen LogP contribution in [0.15, 0.2) is 109 Å². The average Bonchev–Trinajstić information content (AvgIpc) is 3.20.